The van der Waals surface area contributed by atoms with E-state index in [1.807, 2.05) is 0 Å². The van der Waals surface area contributed by atoms with Gasteiger partial charge in [-0.2, -0.15) is 0 Å². The van der Waals surface area contributed by atoms with E-state index in [4.69, 9.17) is 4.52 Å². The van der Waals surface area contributed by atoms with E-state index in [-0.39, 0.29) is 25.0 Å². The Kier molecular flexibility index (Phi) is 5.31. The monoisotopic (exact) mass is 460 g/mol. The smallest absolute Gasteiger partial charge is 1.00 e. The molecule has 0 N–H and O–H groups in total. The van der Waals surface area contributed by atoms with Crippen LogP contribution in [0, 0.1) is 34.7 Å². The van der Waals surface area contributed by atoms with Crippen LogP contribution in [0.25, 0.3) is 0 Å². The number of rotatable bonds is 6. The van der Waals surface area contributed by atoms with Crippen LogP contribution in [-0.2, 0) is 4.52 Å². The van der Waals surface area contributed by atoms with Crippen LogP contribution >= 0.6 is 6.83 Å². The summed E-state index contributed by atoms with van der Waals surface area (Å²) in [6.07, 6.45) is 5.76. The molecule has 5 aliphatic rings. The van der Waals surface area contributed by atoms with E-state index in [1.54, 1.807) is 5.66 Å². The summed E-state index contributed by atoms with van der Waals surface area (Å²) in [6, 6.07) is 33.3. The maximum Gasteiger partial charge on any atom is 1.00 e. The number of hydrogen-bond donors (Lipinski definition) is 0. The Balaban J connectivity index is 0.00000217. The molecule has 4 atom stereocenters. The van der Waals surface area contributed by atoms with Crippen molar-refractivity contribution in [1.29, 1.82) is 0 Å². The van der Waals surface area contributed by atoms with E-state index in [9.17, 15) is 0 Å². The van der Waals surface area contributed by atoms with Gasteiger partial charge in [-0.3, -0.25) is 0 Å². The summed E-state index contributed by atoms with van der Waals surface area (Å²) in [5.41, 5.74) is 2.13. The van der Waals surface area contributed by atoms with Crippen LogP contribution in [0.1, 0.15) is 39.5 Å². The quantitative estimate of drug-likeness (QED) is 0.311. The molecular weight excluding hydrogens is 426 g/mol. The first-order valence-electron chi connectivity index (χ1n) is 12.8. The molecule has 8 rings (SSSR count). The summed E-state index contributed by atoms with van der Waals surface area (Å²) >= 11 is 0. The Hall–Kier alpha value is -1.35. The molecule has 4 aliphatic carbocycles. The van der Waals surface area contributed by atoms with Gasteiger partial charge >= 0.3 is 218 Å². The van der Waals surface area contributed by atoms with Gasteiger partial charge in [-0.15, -0.1) is 0 Å². The van der Waals surface area contributed by atoms with Gasteiger partial charge in [0.2, 0.25) is 0 Å². The van der Waals surface area contributed by atoms with Crippen molar-refractivity contribution in [2.24, 2.45) is 29.1 Å². The van der Waals surface area contributed by atoms with E-state index < -0.39 is 6.83 Å². The molecule has 1 nitrogen and oxygen atoms in total. The van der Waals surface area contributed by atoms with Crippen LogP contribution in [0.15, 0.2) is 91.0 Å². The van der Waals surface area contributed by atoms with Crippen molar-refractivity contribution < 1.29 is 23.4 Å². The van der Waals surface area contributed by atoms with E-state index in [0.29, 0.717) is 5.41 Å². The van der Waals surface area contributed by atoms with Crippen molar-refractivity contribution in [1.82, 2.24) is 0 Å². The largest absolute Gasteiger partial charge is 1.00 e. The number of hydrogen-bond acceptors (Lipinski definition) is 1. The van der Waals surface area contributed by atoms with Gasteiger partial charge in [-0.05, 0) is 0 Å². The first-order chi connectivity index (χ1) is 16.1. The zero-order chi connectivity index (χ0) is 22.3. The Morgan fingerprint density at radius 1 is 0.794 bits per heavy atom. The molecule has 0 radical (unpaired) electrons. The Labute approximate surface area is 216 Å². The van der Waals surface area contributed by atoms with Crippen molar-refractivity contribution in [3.63, 3.8) is 0 Å². The van der Waals surface area contributed by atoms with E-state index in [1.165, 1.54) is 41.6 Å². The predicted octanol–water partition coefficient (Wildman–Crippen LogP) is 3.46. The van der Waals surface area contributed by atoms with Gasteiger partial charge in [-0.1, -0.05) is 0 Å². The topological polar surface area (TPSA) is 9.23 Å². The van der Waals surface area contributed by atoms with Gasteiger partial charge in [0.25, 0.3) is 0 Å². The van der Waals surface area contributed by atoms with E-state index in [2.05, 4.69) is 105 Å². The minimum atomic E-state index is -3.10. The van der Waals surface area contributed by atoms with Crippen LogP contribution in [0.5, 0.6) is 0 Å². The summed E-state index contributed by atoms with van der Waals surface area (Å²) in [5.74, 6) is 4.15. The third kappa shape index (κ3) is 2.66. The minimum Gasteiger partial charge on any atom is 1.00 e. The first-order valence-corrected chi connectivity index (χ1v) is 15.0. The summed E-state index contributed by atoms with van der Waals surface area (Å²) in [5, 5.41) is 4.02. The molecule has 170 valence electrons. The molecule has 3 heteroatoms. The summed E-state index contributed by atoms with van der Waals surface area (Å²) in [6.45, 7) is 1.92. The molecule has 1 saturated heterocycles. The summed E-state index contributed by atoms with van der Waals surface area (Å²) in [7, 11) is 0. The van der Waals surface area contributed by atoms with Crippen LogP contribution < -0.4 is 34.8 Å². The van der Waals surface area contributed by atoms with E-state index in [0.717, 1.165) is 23.7 Å². The second-order valence-corrected chi connectivity index (χ2v) is 15.9. The van der Waals surface area contributed by atoms with Crippen molar-refractivity contribution in [3.8, 4) is 0 Å². The van der Waals surface area contributed by atoms with Crippen LogP contribution in [0.4, 0.5) is 0 Å². The zero-order valence-electron chi connectivity index (χ0n) is 20.7. The van der Waals surface area contributed by atoms with Crippen molar-refractivity contribution >= 4 is 22.7 Å². The van der Waals surface area contributed by atoms with Gasteiger partial charge in [0, 0.05) is 0 Å². The molecule has 1 heterocycles. The maximum atomic E-state index is 7.48. The average molecular weight is 461 g/mol. The second-order valence-electron chi connectivity index (χ2n) is 11.3. The molecule has 3 aromatic rings. The second kappa shape index (κ2) is 7.82. The minimum absolute atomic E-state index is 0. The standard InChI is InChI=1S/C31H34OP.Li/c1-22-29(18-19-31(2)23-20-27-28(21-23)30(27)31)32-33(22,24-12-6-3-7-13-24,25-14-8-4-9-15-25)26-16-10-5-11-17-26;/h3-17,23,27-30H,18-21H2,1-2H3;/q-1;+1/t23?,27?,28?,29-,30?,31?;/m1./s1. The van der Waals surface area contributed by atoms with Crippen LogP contribution in [0.3, 0.4) is 0 Å². The average Bonchev–Trinajstić information content (AvgIpc) is 3.12. The van der Waals surface area contributed by atoms with Gasteiger partial charge in [0.1, 0.15) is 0 Å². The molecule has 0 spiro atoms. The molecule has 3 unspecified atom stereocenters. The molecule has 1 aliphatic heterocycles. The molecule has 0 amide bonds. The van der Waals surface area contributed by atoms with Crippen LogP contribution in [0.2, 0.25) is 0 Å². The fourth-order valence-electron chi connectivity index (χ4n) is 8.72. The Bertz CT molecular complexity index is 1070. The molecule has 0 aromatic heterocycles. The molecule has 4 bridgehead atoms. The SMILES string of the molecule is C[C-]1[C@@H](CCC2(C)C3CC4C(C3)C42)OP1(c1ccccc1)(c1ccccc1)c1ccccc1.[Li+]. The van der Waals surface area contributed by atoms with Gasteiger partial charge in [0.15, 0.2) is 0 Å². The number of benzene rings is 3. The molecule has 5 fully saturated rings. The maximum absolute atomic E-state index is 7.48. The Morgan fingerprint density at radius 3 is 1.59 bits per heavy atom. The van der Waals surface area contributed by atoms with Gasteiger partial charge in [0.05, 0.1) is 0 Å². The molecular formula is C31H34LiOP. The fourth-order valence-corrected chi connectivity index (χ4v) is 14.9. The van der Waals surface area contributed by atoms with Crippen molar-refractivity contribution in [2.45, 2.75) is 45.6 Å². The first kappa shape index (κ1) is 23.1. The van der Waals surface area contributed by atoms with E-state index >= 15 is 0 Å². The Morgan fingerprint density at radius 2 is 1.24 bits per heavy atom. The molecule has 3 aromatic carbocycles. The third-order valence-electron chi connectivity index (χ3n) is 10.3. The predicted molar refractivity (Wildman–Crippen MR) is 139 cm³/mol. The normalized spacial score (nSPS) is 37.1. The summed E-state index contributed by atoms with van der Waals surface area (Å²) < 4.78 is 7.48. The van der Waals surface area contributed by atoms with Crippen LogP contribution in [-0.4, -0.2) is 6.10 Å². The van der Waals surface area contributed by atoms with Crippen molar-refractivity contribution in [3.05, 3.63) is 96.7 Å². The molecule has 4 saturated carbocycles. The fraction of sp³-hybridized carbons (Fsp3) is 0.387. The van der Waals surface area contributed by atoms with Crippen molar-refractivity contribution in [2.75, 3.05) is 0 Å². The van der Waals surface area contributed by atoms with Gasteiger partial charge < -0.3 is 0 Å². The zero-order valence-corrected chi connectivity index (χ0v) is 21.6. The summed E-state index contributed by atoms with van der Waals surface area (Å²) in [4.78, 5) is 0. The third-order valence-corrected chi connectivity index (χ3v) is 16.5. The molecule has 34 heavy (non-hydrogen) atoms. The van der Waals surface area contributed by atoms with Gasteiger partial charge in [-0.25, -0.2) is 0 Å².